The molecule has 1 aliphatic heterocycles. The lowest BCUT2D eigenvalue weighted by atomic mass is 10.1. The molecule has 31 heavy (non-hydrogen) atoms. The Morgan fingerprint density at radius 2 is 1.97 bits per heavy atom. The van der Waals surface area contributed by atoms with Crippen LogP contribution in [-0.2, 0) is 16.0 Å². The molecule has 0 saturated carbocycles. The van der Waals surface area contributed by atoms with Crippen LogP contribution in [0, 0.1) is 26.6 Å². The third-order valence-electron chi connectivity index (χ3n) is 5.26. The zero-order chi connectivity index (χ0) is 22.1. The van der Waals surface area contributed by atoms with Crippen molar-refractivity contribution in [3.8, 4) is 5.82 Å². The van der Waals surface area contributed by atoms with Gasteiger partial charge in [-0.2, -0.15) is 5.10 Å². The fraction of sp³-hybridized carbons (Fsp3) is 0.364. The van der Waals surface area contributed by atoms with E-state index in [0.717, 1.165) is 17.0 Å². The summed E-state index contributed by atoms with van der Waals surface area (Å²) in [6, 6.07) is 8.81. The molecule has 0 spiro atoms. The molecule has 1 amide bonds. The van der Waals surface area contributed by atoms with Crippen molar-refractivity contribution in [1.82, 2.24) is 19.7 Å². The van der Waals surface area contributed by atoms with Crippen molar-refractivity contribution in [1.29, 1.82) is 0 Å². The van der Waals surface area contributed by atoms with Gasteiger partial charge in [0, 0.05) is 24.7 Å². The summed E-state index contributed by atoms with van der Waals surface area (Å²) < 4.78 is 20.9. The first-order valence-electron chi connectivity index (χ1n) is 10.1. The van der Waals surface area contributed by atoms with E-state index in [0.29, 0.717) is 49.1 Å². The molecule has 9 heteroatoms. The summed E-state index contributed by atoms with van der Waals surface area (Å²) in [7, 11) is 0. The maximum absolute atomic E-state index is 13.7. The summed E-state index contributed by atoms with van der Waals surface area (Å²) in [6.45, 7) is 6.88. The van der Waals surface area contributed by atoms with E-state index in [-0.39, 0.29) is 5.82 Å². The van der Waals surface area contributed by atoms with E-state index in [2.05, 4.69) is 5.10 Å². The monoisotopic (exact) mass is 424 g/mol. The summed E-state index contributed by atoms with van der Waals surface area (Å²) in [5.74, 6) is 1.13. The van der Waals surface area contributed by atoms with Crippen molar-refractivity contribution in [2.75, 3.05) is 24.6 Å². The summed E-state index contributed by atoms with van der Waals surface area (Å²) in [4.78, 5) is 23.0. The average molecular weight is 424 g/mol. The molecule has 3 aromatic rings. The molecule has 1 atom stereocenters. The molecule has 8 nitrogen and oxygen atoms in total. The number of ether oxygens (including phenoxy) is 1. The Balaban J connectivity index is 1.74. The number of primary amides is 1. The van der Waals surface area contributed by atoms with Gasteiger partial charge in [-0.05, 0) is 44.0 Å². The second-order valence-corrected chi connectivity index (χ2v) is 7.81. The maximum atomic E-state index is 13.7. The number of morpholine rings is 1. The van der Waals surface area contributed by atoms with Crippen LogP contribution in [0.3, 0.4) is 0 Å². The summed E-state index contributed by atoms with van der Waals surface area (Å²) in [6.07, 6.45) is -0.255. The second kappa shape index (κ2) is 8.43. The van der Waals surface area contributed by atoms with E-state index in [4.69, 9.17) is 20.4 Å². The number of hydrogen-bond acceptors (Lipinski definition) is 6. The number of hydrogen-bond donors (Lipinski definition) is 1. The Morgan fingerprint density at radius 1 is 1.19 bits per heavy atom. The zero-order valence-electron chi connectivity index (χ0n) is 17.8. The lowest BCUT2D eigenvalue weighted by molar-refractivity contribution is -0.130. The summed E-state index contributed by atoms with van der Waals surface area (Å²) in [5, 5.41) is 4.54. The first-order valence-corrected chi connectivity index (χ1v) is 10.1. The molecule has 0 aliphatic carbocycles. The number of halogens is 1. The number of carbonyl (C=O) groups excluding carboxylic acids is 1. The molecule has 1 saturated heterocycles. The minimum absolute atomic E-state index is 0.243. The standard InChI is InChI=1S/C22H25FN6O2/c1-13-8-16(4-5-17(13)23)10-19-25-20(28-6-7-31-18(12-28)22(24)30)11-21(26-19)29-15(3)9-14(2)27-29/h4-5,8-9,11,18H,6-7,10,12H2,1-3H3,(H2,24,30). The Bertz CT molecular complexity index is 1130. The van der Waals surface area contributed by atoms with Crippen LogP contribution in [0.5, 0.6) is 0 Å². The van der Waals surface area contributed by atoms with Crippen LogP contribution in [0.4, 0.5) is 10.2 Å². The van der Waals surface area contributed by atoms with Gasteiger partial charge in [0.05, 0.1) is 18.8 Å². The Labute approximate surface area is 179 Å². The number of benzene rings is 1. The Hall–Kier alpha value is -3.33. The number of aryl methyl sites for hydroxylation is 3. The van der Waals surface area contributed by atoms with Crippen LogP contribution < -0.4 is 10.6 Å². The molecule has 1 unspecified atom stereocenters. The van der Waals surface area contributed by atoms with Gasteiger partial charge in [0.15, 0.2) is 11.9 Å². The highest BCUT2D eigenvalue weighted by Crippen LogP contribution is 2.21. The van der Waals surface area contributed by atoms with Gasteiger partial charge in [-0.1, -0.05) is 12.1 Å². The second-order valence-electron chi connectivity index (χ2n) is 7.81. The number of carbonyl (C=O) groups is 1. The minimum Gasteiger partial charge on any atom is -0.367 e. The lowest BCUT2D eigenvalue weighted by Gasteiger charge is -2.32. The predicted molar refractivity (Wildman–Crippen MR) is 114 cm³/mol. The quantitative estimate of drug-likeness (QED) is 0.673. The van der Waals surface area contributed by atoms with Gasteiger partial charge < -0.3 is 15.4 Å². The number of rotatable bonds is 5. The first-order chi connectivity index (χ1) is 14.8. The van der Waals surface area contributed by atoms with Crippen LogP contribution in [0.2, 0.25) is 0 Å². The van der Waals surface area contributed by atoms with Crippen molar-refractivity contribution in [3.63, 3.8) is 0 Å². The van der Waals surface area contributed by atoms with Gasteiger partial charge in [0.2, 0.25) is 5.91 Å². The number of anilines is 1. The van der Waals surface area contributed by atoms with Crippen molar-refractivity contribution in [3.05, 3.63) is 64.5 Å². The lowest BCUT2D eigenvalue weighted by Crippen LogP contribution is -2.48. The number of nitrogens with two attached hydrogens (primary N) is 1. The highest BCUT2D eigenvalue weighted by molar-refractivity contribution is 5.79. The maximum Gasteiger partial charge on any atom is 0.248 e. The van der Waals surface area contributed by atoms with Crippen LogP contribution >= 0.6 is 0 Å². The van der Waals surface area contributed by atoms with Gasteiger partial charge in [0.25, 0.3) is 0 Å². The molecule has 2 N–H and O–H groups in total. The SMILES string of the molecule is Cc1cc(C)n(-c2cc(N3CCOC(C(N)=O)C3)nc(Cc3ccc(F)c(C)c3)n2)n1. The summed E-state index contributed by atoms with van der Waals surface area (Å²) in [5.41, 5.74) is 8.75. The van der Waals surface area contributed by atoms with E-state index in [1.165, 1.54) is 6.07 Å². The highest BCUT2D eigenvalue weighted by Gasteiger charge is 2.26. The molecule has 1 fully saturated rings. The largest absolute Gasteiger partial charge is 0.367 e. The van der Waals surface area contributed by atoms with Gasteiger partial charge in [-0.25, -0.2) is 19.0 Å². The smallest absolute Gasteiger partial charge is 0.248 e. The molecule has 162 valence electrons. The number of nitrogens with zero attached hydrogens (tertiary/aromatic N) is 5. The van der Waals surface area contributed by atoms with Crippen LogP contribution in [0.15, 0.2) is 30.3 Å². The van der Waals surface area contributed by atoms with E-state index in [1.807, 2.05) is 30.9 Å². The van der Waals surface area contributed by atoms with Crippen LogP contribution in [0.25, 0.3) is 5.82 Å². The summed E-state index contributed by atoms with van der Waals surface area (Å²) >= 11 is 0. The van der Waals surface area contributed by atoms with Crippen LogP contribution in [0.1, 0.15) is 28.3 Å². The van der Waals surface area contributed by atoms with Gasteiger partial charge in [-0.15, -0.1) is 0 Å². The molecule has 0 radical (unpaired) electrons. The molecule has 1 aromatic carbocycles. The fourth-order valence-electron chi connectivity index (χ4n) is 3.71. The third-order valence-corrected chi connectivity index (χ3v) is 5.26. The third kappa shape index (κ3) is 4.56. The molecular weight excluding hydrogens is 399 g/mol. The van der Waals surface area contributed by atoms with Gasteiger partial charge >= 0.3 is 0 Å². The topological polar surface area (TPSA) is 99.2 Å². The normalized spacial score (nSPS) is 16.5. The van der Waals surface area contributed by atoms with Crippen LogP contribution in [-0.4, -0.2) is 51.5 Å². The molecular formula is C22H25FN6O2. The highest BCUT2D eigenvalue weighted by atomic mass is 19.1. The number of amides is 1. The van der Waals surface area contributed by atoms with Gasteiger partial charge in [0.1, 0.15) is 17.5 Å². The van der Waals surface area contributed by atoms with Crippen molar-refractivity contribution in [2.24, 2.45) is 5.73 Å². The van der Waals surface area contributed by atoms with Crippen molar-refractivity contribution >= 4 is 11.7 Å². The van der Waals surface area contributed by atoms with E-state index in [9.17, 15) is 9.18 Å². The van der Waals surface area contributed by atoms with E-state index < -0.39 is 12.0 Å². The molecule has 1 aliphatic rings. The van der Waals surface area contributed by atoms with Crippen molar-refractivity contribution in [2.45, 2.75) is 33.3 Å². The molecule has 3 heterocycles. The Kier molecular flexibility index (Phi) is 5.69. The van der Waals surface area contributed by atoms with E-state index in [1.54, 1.807) is 23.7 Å². The molecule has 0 bridgehead atoms. The first kappa shape index (κ1) is 20.9. The average Bonchev–Trinajstić information content (AvgIpc) is 3.08. The van der Waals surface area contributed by atoms with Crippen molar-refractivity contribution < 1.29 is 13.9 Å². The number of aromatic nitrogens is 4. The Morgan fingerprint density at radius 3 is 2.65 bits per heavy atom. The minimum atomic E-state index is -0.691. The fourth-order valence-corrected chi connectivity index (χ4v) is 3.71. The predicted octanol–water partition coefficient (Wildman–Crippen LogP) is 2.01. The zero-order valence-corrected chi connectivity index (χ0v) is 17.8. The molecule has 2 aromatic heterocycles. The van der Waals surface area contributed by atoms with E-state index >= 15 is 0 Å². The van der Waals surface area contributed by atoms with Gasteiger partial charge in [-0.3, -0.25) is 4.79 Å². The molecule has 4 rings (SSSR count).